The molecule has 0 aliphatic carbocycles. The van der Waals surface area contributed by atoms with Gasteiger partial charge in [-0.25, -0.2) is 0 Å². The van der Waals surface area contributed by atoms with Crippen LogP contribution in [0.3, 0.4) is 0 Å². The molecule has 0 saturated carbocycles. The Labute approximate surface area is 80.1 Å². The Hall–Kier alpha value is -0.120. The van der Waals surface area contributed by atoms with E-state index in [1.807, 2.05) is 0 Å². The Balaban J connectivity index is 2.03. The monoisotopic (exact) mass is 184 g/mol. The molecule has 2 aliphatic heterocycles. The van der Waals surface area contributed by atoms with Gasteiger partial charge in [-0.2, -0.15) is 0 Å². The van der Waals surface area contributed by atoms with Gasteiger partial charge in [0.1, 0.15) is 0 Å². The Morgan fingerprint density at radius 2 is 2.46 bits per heavy atom. The number of hydrogen-bond donors (Lipinski definition) is 2. The second kappa shape index (κ2) is 3.56. The zero-order valence-corrected chi connectivity index (χ0v) is 8.42. The lowest BCUT2D eigenvalue weighted by Gasteiger charge is -2.33. The highest BCUT2D eigenvalue weighted by molar-refractivity contribution is 5.00. The summed E-state index contributed by atoms with van der Waals surface area (Å²) in [6.45, 7) is 3.73. The molecule has 2 heterocycles. The molecule has 3 nitrogen and oxygen atoms in total. The van der Waals surface area contributed by atoms with Gasteiger partial charge in [0.15, 0.2) is 0 Å². The van der Waals surface area contributed by atoms with Crippen molar-refractivity contribution in [1.29, 1.82) is 0 Å². The molecule has 2 atom stereocenters. The molecule has 13 heavy (non-hydrogen) atoms. The molecule has 76 valence electrons. The van der Waals surface area contributed by atoms with Gasteiger partial charge in [-0.05, 0) is 45.3 Å². The molecule has 0 amide bonds. The summed E-state index contributed by atoms with van der Waals surface area (Å²) < 4.78 is 0. The fraction of sp³-hybridized carbons (Fsp3) is 1.00. The smallest absolute Gasteiger partial charge is 0.0616 e. The van der Waals surface area contributed by atoms with Crippen LogP contribution in [0.2, 0.25) is 0 Å². The molecular weight excluding hydrogens is 164 g/mol. The normalized spacial score (nSPS) is 41.5. The molecule has 0 aromatic carbocycles. The summed E-state index contributed by atoms with van der Waals surface area (Å²) in [5, 5.41) is 13.0. The lowest BCUT2D eigenvalue weighted by atomic mass is 9.82. The van der Waals surface area contributed by atoms with Gasteiger partial charge in [-0.3, -0.25) is 0 Å². The number of aliphatic hydroxyl groups excluding tert-OH is 1. The minimum atomic E-state index is 0.0603. The fourth-order valence-corrected chi connectivity index (χ4v) is 2.83. The van der Waals surface area contributed by atoms with Crippen molar-refractivity contribution in [3.8, 4) is 0 Å². The summed E-state index contributed by atoms with van der Waals surface area (Å²) in [6, 6.07) is 0. The van der Waals surface area contributed by atoms with Gasteiger partial charge in [-0.15, -0.1) is 0 Å². The van der Waals surface area contributed by atoms with Crippen molar-refractivity contribution in [2.24, 2.45) is 5.92 Å². The predicted octanol–water partition coefficient (Wildman–Crippen LogP) is 0.0526. The molecule has 2 unspecified atom stereocenters. The van der Waals surface area contributed by atoms with Crippen LogP contribution in [0.25, 0.3) is 0 Å². The van der Waals surface area contributed by atoms with Crippen molar-refractivity contribution >= 4 is 0 Å². The molecular formula is C10H20N2O. The Morgan fingerprint density at radius 1 is 1.62 bits per heavy atom. The van der Waals surface area contributed by atoms with E-state index in [0.29, 0.717) is 12.5 Å². The average molecular weight is 184 g/mol. The highest BCUT2D eigenvalue weighted by Crippen LogP contribution is 2.33. The maximum Gasteiger partial charge on any atom is 0.0616 e. The van der Waals surface area contributed by atoms with Crippen LogP contribution in [-0.2, 0) is 0 Å². The van der Waals surface area contributed by atoms with Crippen molar-refractivity contribution in [2.45, 2.75) is 24.8 Å². The Bertz CT molecular complexity index is 178. The SMILES string of the molecule is CN1CCC(C2(CO)CCCN2)C1. The Kier molecular flexibility index (Phi) is 2.58. The number of nitrogens with one attached hydrogen (secondary N) is 1. The zero-order chi connectivity index (χ0) is 9.31. The lowest BCUT2D eigenvalue weighted by molar-refractivity contribution is 0.123. The molecule has 0 aromatic heterocycles. The minimum absolute atomic E-state index is 0.0603. The van der Waals surface area contributed by atoms with E-state index in [2.05, 4.69) is 17.3 Å². The van der Waals surface area contributed by atoms with Crippen molar-refractivity contribution < 1.29 is 5.11 Å². The Morgan fingerprint density at radius 3 is 2.92 bits per heavy atom. The molecule has 0 spiro atoms. The van der Waals surface area contributed by atoms with Crippen LogP contribution in [-0.4, -0.2) is 48.8 Å². The van der Waals surface area contributed by atoms with E-state index in [-0.39, 0.29) is 5.54 Å². The van der Waals surface area contributed by atoms with Crippen LogP contribution in [0.4, 0.5) is 0 Å². The molecule has 0 aromatic rings. The van der Waals surface area contributed by atoms with Gasteiger partial charge >= 0.3 is 0 Å². The molecule has 2 saturated heterocycles. The molecule has 3 heteroatoms. The van der Waals surface area contributed by atoms with E-state index < -0.39 is 0 Å². The number of aliphatic hydroxyl groups is 1. The third kappa shape index (κ3) is 1.60. The summed E-state index contributed by atoms with van der Waals surface area (Å²) in [5.74, 6) is 0.657. The van der Waals surface area contributed by atoms with Gasteiger partial charge < -0.3 is 15.3 Å². The van der Waals surface area contributed by atoms with Gasteiger partial charge in [-0.1, -0.05) is 0 Å². The highest BCUT2D eigenvalue weighted by atomic mass is 16.3. The minimum Gasteiger partial charge on any atom is -0.394 e. The first-order valence-electron chi connectivity index (χ1n) is 5.31. The molecule has 0 bridgehead atoms. The van der Waals surface area contributed by atoms with Crippen LogP contribution >= 0.6 is 0 Å². The highest BCUT2D eigenvalue weighted by Gasteiger charge is 2.42. The maximum absolute atomic E-state index is 9.48. The number of nitrogens with zero attached hydrogens (tertiary/aromatic N) is 1. The average Bonchev–Trinajstić information content (AvgIpc) is 2.73. The van der Waals surface area contributed by atoms with Crippen LogP contribution in [0.1, 0.15) is 19.3 Å². The standard InChI is InChI=1S/C10H20N2O/c1-12-6-3-9(7-12)10(8-13)4-2-5-11-10/h9,11,13H,2-8H2,1H3. The molecule has 2 rings (SSSR count). The maximum atomic E-state index is 9.48. The molecule has 2 aliphatic rings. The second-order valence-corrected chi connectivity index (χ2v) is 4.59. The van der Waals surface area contributed by atoms with Crippen LogP contribution < -0.4 is 5.32 Å². The lowest BCUT2D eigenvalue weighted by Crippen LogP contribution is -2.50. The van der Waals surface area contributed by atoms with E-state index in [1.54, 1.807) is 0 Å². The number of rotatable bonds is 2. The fourth-order valence-electron chi connectivity index (χ4n) is 2.83. The summed E-state index contributed by atoms with van der Waals surface area (Å²) in [7, 11) is 2.17. The van der Waals surface area contributed by atoms with Crippen molar-refractivity contribution in [2.75, 3.05) is 33.3 Å². The predicted molar refractivity (Wildman–Crippen MR) is 52.7 cm³/mol. The zero-order valence-electron chi connectivity index (χ0n) is 8.42. The topological polar surface area (TPSA) is 35.5 Å². The van der Waals surface area contributed by atoms with Gasteiger partial charge in [0.25, 0.3) is 0 Å². The first-order valence-corrected chi connectivity index (χ1v) is 5.31. The first-order chi connectivity index (χ1) is 6.27. The molecule has 2 N–H and O–H groups in total. The van der Waals surface area contributed by atoms with Crippen molar-refractivity contribution in [3.63, 3.8) is 0 Å². The first kappa shape index (κ1) is 9.44. The van der Waals surface area contributed by atoms with Crippen LogP contribution in [0.15, 0.2) is 0 Å². The van der Waals surface area contributed by atoms with Gasteiger partial charge in [0, 0.05) is 12.1 Å². The molecule has 0 radical (unpaired) electrons. The van der Waals surface area contributed by atoms with E-state index in [0.717, 1.165) is 19.5 Å². The van der Waals surface area contributed by atoms with Crippen molar-refractivity contribution in [3.05, 3.63) is 0 Å². The molecule has 2 fully saturated rings. The van der Waals surface area contributed by atoms with E-state index in [9.17, 15) is 5.11 Å². The van der Waals surface area contributed by atoms with E-state index in [4.69, 9.17) is 0 Å². The summed E-state index contributed by atoms with van der Waals surface area (Å²) in [5.41, 5.74) is 0.0603. The summed E-state index contributed by atoms with van der Waals surface area (Å²) in [6.07, 6.45) is 3.62. The third-order valence-corrected chi connectivity index (χ3v) is 3.73. The second-order valence-electron chi connectivity index (χ2n) is 4.59. The van der Waals surface area contributed by atoms with Gasteiger partial charge in [0.05, 0.1) is 6.61 Å². The summed E-state index contributed by atoms with van der Waals surface area (Å²) >= 11 is 0. The third-order valence-electron chi connectivity index (χ3n) is 3.73. The van der Waals surface area contributed by atoms with Crippen LogP contribution in [0.5, 0.6) is 0 Å². The summed E-state index contributed by atoms with van der Waals surface area (Å²) in [4.78, 5) is 2.36. The largest absolute Gasteiger partial charge is 0.394 e. The van der Waals surface area contributed by atoms with Crippen molar-refractivity contribution in [1.82, 2.24) is 10.2 Å². The van der Waals surface area contributed by atoms with Gasteiger partial charge in [0.2, 0.25) is 0 Å². The van der Waals surface area contributed by atoms with Crippen LogP contribution in [0, 0.1) is 5.92 Å². The number of hydrogen-bond acceptors (Lipinski definition) is 3. The van der Waals surface area contributed by atoms with E-state index in [1.165, 1.54) is 19.4 Å². The quantitative estimate of drug-likeness (QED) is 0.636. The number of likely N-dealkylation sites (tertiary alicyclic amines) is 1. The van der Waals surface area contributed by atoms with E-state index >= 15 is 0 Å².